The number of rotatable bonds is 3. The summed E-state index contributed by atoms with van der Waals surface area (Å²) in [5.74, 6) is -0.420. The van der Waals surface area contributed by atoms with Crippen molar-refractivity contribution in [3.63, 3.8) is 0 Å². The zero-order valence-corrected chi connectivity index (χ0v) is 11.6. The van der Waals surface area contributed by atoms with Gasteiger partial charge in [0.2, 0.25) is 5.91 Å². The van der Waals surface area contributed by atoms with Gasteiger partial charge < -0.3 is 10.3 Å². The first-order chi connectivity index (χ1) is 10.1. The second-order valence-corrected chi connectivity index (χ2v) is 5.04. The van der Waals surface area contributed by atoms with Crippen LogP contribution in [-0.4, -0.2) is 10.9 Å². The predicted octanol–water partition coefficient (Wildman–Crippen LogP) is 3.80. The number of carbonyl (C=O) groups excluding carboxylic acids is 1. The highest BCUT2D eigenvalue weighted by molar-refractivity contribution is 5.96. The summed E-state index contributed by atoms with van der Waals surface area (Å²) in [6.45, 7) is 1.77. The number of carbonyl (C=O) groups is 1. The normalized spacial score (nSPS) is 10.8. The second-order valence-electron chi connectivity index (χ2n) is 5.04. The molecule has 1 amide bonds. The molecule has 1 aromatic heterocycles. The van der Waals surface area contributed by atoms with Gasteiger partial charge in [-0.3, -0.25) is 4.79 Å². The number of hydrogen-bond donors (Lipinski definition) is 2. The highest BCUT2D eigenvalue weighted by Crippen LogP contribution is 2.20. The van der Waals surface area contributed by atoms with Gasteiger partial charge in [-0.25, -0.2) is 4.39 Å². The molecule has 3 aromatic rings. The van der Waals surface area contributed by atoms with E-state index in [1.54, 1.807) is 13.0 Å². The Morgan fingerprint density at radius 3 is 2.86 bits per heavy atom. The van der Waals surface area contributed by atoms with Gasteiger partial charge in [-0.15, -0.1) is 0 Å². The van der Waals surface area contributed by atoms with E-state index in [1.807, 2.05) is 30.5 Å². The number of fused-ring (bicyclic) bond motifs is 1. The molecular formula is C17H15FN2O. The molecule has 0 radical (unpaired) electrons. The second kappa shape index (κ2) is 5.40. The van der Waals surface area contributed by atoms with E-state index in [-0.39, 0.29) is 18.1 Å². The summed E-state index contributed by atoms with van der Waals surface area (Å²) in [5, 5.41) is 3.87. The van der Waals surface area contributed by atoms with Crippen molar-refractivity contribution in [3.8, 4) is 0 Å². The van der Waals surface area contributed by atoms with E-state index in [0.29, 0.717) is 11.3 Å². The topological polar surface area (TPSA) is 44.9 Å². The molecular weight excluding hydrogens is 267 g/mol. The van der Waals surface area contributed by atoms with E-state index in [4.69, 9.17) is 0 Å². The van der Waals surface area contributed by atoms with Crippen LogP contribution >= 0.6 is 0 Å². The van der Waals surface area contributed by atoms with E-state index in [2.05, 4.69) is 10.3 Å². The average Bonchev–Trinajstić information content (AvgIpc) is 2.85. The lowest BCUT2D eigenvalue weighted by Gasteiger charge is -2.08. The Morgan fingerprint density at radius 2 is 2.05 bits per heavy atom. The Morgan fingerprint density at radius 1 is 1.24 bits per heavy atom. The van der Waals surface area contributed by atoms with Gasteiger partial charge >= 0.3 is 0 Å². The molecule has 0 unspecified atom stereocenters. The highest BCUT2D eigenvalue weighted by Gasteiger charge is 2.10. The van der Waals surface area contributed by atoms with Gasteiger partial charge in [0, 0.05) is 22.8 Å². The fourth-order valence-electron chi connectivity index (χ4n) is 2.41. The van der Waals surface area contributed by atoms with Crippen molar-refractivity contribution in [2.75, 3.05) is 5.32 Å². The van der Waals surface area contributed by atoms with Gasteiger partial charge in [0.15, 0.2) is 0 Å². The minimum Gasteiger partial charge on any atom is -0.361 e. The van der Waals surface area contributed by atoms with Crippen molar-refractivity contribution < 1.29 is 9.18 Å². The molecule has 0 fully saturated rings. The first-order valence-electron chi connectivity index (χ1n) is 6.74. The largest absolute Gasteiger partial charge is 0.361 e. The maximum Gasteiger partial charge on any atom is 0.228 e. The van der Waals surface area contributed by atoms with Gasteiger partial charge in [0.1, 0.15) is 5.82 Å². The monoisotopic (exact) mass is 282 g/mol. The van der Waals surface area contributed by atoms with Crippen LogP contribution in [0.1, 0.15) is 11.1 Å². The highest BCUT2D eigenvalue weighted by atomic mass is 19.1. The molecule has 0 aliphatic rings. The SMILES string of the molecule is Cc1cc(F)ccc1NC(=O)Cc1c[nH]c2ccccc12. The van der Waals surface area contributed by atoms with Crippen LogP contribution in [0.3, 0.4) is 0 Å². The third-order valence-electron chi connectivity index (χ3n) is 3.49. The number of halogens is 1. The van der Waals surface area contributed by atoms with Crippen LogP contribution in [0, 0.1) is 12.7 Å². The number of hydrogen-bond acceptors (Lipinski definition) is 1. The van der Waals surface area contributed by atoms with Gasteiger partial charge in [0.05, 0.1) is 6.42 Å². The molecule has 1 heterocycles. The molecule has 0 aliphatic heterocycles. The predicted molar refractivity (Wildman–Crippen MR) is 81.8 cm³/mol. The van der Waals surface area contributed by atoms with Gasteiger partial charge in [0.25, 0.3) is 0 Å². The molecule has 0 aliphatic carbocycles. The van der Waals surface area contributed by atoms with Crippen molar-refractivity contribution in [3.05, 3.63) is 65.6 Å². The molecule has 0 spiro atoms. The van der Waals surface area contributed by atoms with Crippen molar-refractivity contribution in [1.82, 2.24) is 4.98 Å². The lowest BCUT2D eigenvalue weighted by Crippen LogP contribution is -2.15. The van der Waals surface area contributed by atoms with E-state index in [9.17, 15) is 9.18 Å². The molecule has 3 rings (SSSR count). The molecule has 106 valence electrons. The van der Waals surface area contributed by atoms with E-state index in [0.717, 1.165) is 16.5 Å². The molecule has 0 saturated carbocycles. The number of aryl methyl sites for hydroxylation is 1. The fourth-order valence-corrected chi connectivity index (χ4v) is 2.41. The van der Waals surface area contributed by atoms with Crippen LogP contribution < -0.4 is 5.32 Å². The van der Waals surface area contributed by atoms with Crippen molar-refractivity contribution in [1.29, 1.82) is 0 Å². The Labute approximate surface area is 121 Å². The Balaban J connectivity index is 1.77. The lowest BCUT2D eigenvalue weighted by atomic mass is 10.1. The first-order valence-corrected chi connectivity index (χ1v) is 6.74. The smallest absolute Gasteiger partial charge is 0.228 e. The van der Waals surface area contributed by atoms with Gasteiger partial charge in [-0.05, 0) is 42.3 Å². The molecule has 21 heavy (non-hydrogen) atoms. The average molecular weight is 282 g/mol. The summed E-state index contributed by atoms with van der Waals surface area (Å²) in [7, 11) is 0. The third kappa shape index (κ3) is 2.79. The minimum atomic E-state index is -0.304. The summed E-state index contributed by atoms with van der Waals surface area (Å²) in [6.07, 6.45) is 2.13. The maximum absolute atomic E-state index is 13.0. The number of nitrogens with one attached hydrogen (secondary N) is 2. The van der Waals surface area contributed by atoms with Crippen LogP contribution in [0.2, 0.25) is 0 Å². The Hall–Kier alpha value is -2.62. The summed E-state index contributed by atoms with van der Waals surface area (Å²) in [4.78, 5) is 15.3. The van der Waals surface area contributed by atoms with Gasteiger partial charge in [-0.2, -0.15) is 0 Å². The van der Waals surface area contributed by atoms with E-state index in [1.165, 1.54) is 12.1 Å². The summed E-state index contributed by atoms with van der Waals surface area (Å²) in [6, 6.07) is 12.2. The van der Waals surface area contributed by atoms with E-state index >= 15 is 0 Å². The lowest BCUT2D eigenvalue weighted by molar-refractivity contribution is -0.115. The van der Waals surface area contributed by atoms with Crippen LogP contribution in [-0.2, 0) is 11.2 Å². The number of para-hydroxylation sites is 1. The Bertz CT molecular complexity index is 807. The first kappa shape index (κ1) is 13.4. The number of amides is 1. The zero-order valence-electron chi connectivity index (χ0n) is 11.6. The quantitative estimate of drug-likeness (QED) is 0.754. The molecule has 0 bridgehead atoms. The van der Waals surface area contributed by atoms with Crippen LogP contribution in [0.25, 0.3) is 10.9 Å². The van der Waals surface area contributed by atoms with Crippen molar-refractivity contribution in [2.45, 2.75) is 13.3 Å². The zero-order chi connectivity index (χ0) is 14.8. The molecule has 3 nitrogen and oxygen atoms in total. The number of H-pyrrole nitrogens is 1. The van der Waals surface area contributed by atoms with Gasteiger partial charge in [-0.1, -0.05) is 18.2 Å². The molecule has 4 heteroatoms. The Kier molecular flexibility index (Phi) is 3.44. The number of anilines is 1. The number of benzene rings is 2. The molecule has 0 saturated heterocycles. The van der Waals surface area contributed by atoms with Crippen LogP contribution in [0.4, 0.5) is 10.1 Å². The summed E-state index contributed by atoms with van der Waals surface area (Å²) < 4.78 is 13.0. The maximum atomic E-state index is 13.0. The minimum absolute atomic E-state index is 0.116. The number of aromatic nitrogens is 1. The van der Waals surface area contributed by atoms with Crippen LogP contribution in [0.5, 0.6) is 0 Å². The molecule has 2 aromatic carbocycles. The van der Waals surface area contributed by atoms with E-state index < -0.39 is 0 Å². The summed E-state index contributed by atoms with van der Waals surface area (Å²) in [5.41, 5.74) is 3.31. The summed E-state index contributed by atoms with van der Waals surface area (Å²) >= 11 is 0. The van der Waals surface area contributed by atoms with Crippen molar-refractivity contribution >= 4 is 22.5 Å². The van der Waals surface area contributed by atoms with Crippen LogP contribution in [0.15, 0.2) is 48.7 Å². The third-order valence-corrected chi connectivity index (χ3v) is 3.49. The van der Waals surface area contributed by atoms with Crippen molar-refractivity contribution in [2.24, 2.45) is 0 Å². The standard InChI is InChI=1S/C17H15FN2O/c1-11-8-13(18)6-7-15(11)20-17(21)9-12-10-19-16-5-3-2-4-14(12)16/h2-8,10,19H,9H2,1H3,(H,20,21). The fraction of sp³-hybridized carbons (Fsp3) is 0.118. The number of aromatic amines is 1. The molecule has 0 atom stereocenters. The molecule has 2 N–H and O–H groups in total.